The predicted octanol–water partition coefficient (Wildman–Crippen LogP) is 3.63. The van der Waals surface area contributed by atoms with Gasteiger partial charge in [0, 0.05) is 12.4 Å². The van der Waals surface area contributed by atoms with Crippen LogP contribution in [0.15, 0.2) is 30.6 Å². The summed E-state index contributed by atoms with van der Waals surface area (Å²) < 4.78 is 38.7. The number of carboxylic acid groups (broad SMARTS) is 1. The molecule has 0 unspecified atom stereocenters. The summed E-state index contributed by atoms with van der Waals surface area (Å²) in [6, 6.07) is 3.65. The van der Waals surface area contributed by atoms with E-state index in [4.69, 9.17) is 16.7 Å². The highest BCUT2D eigenvalue weighted by Gasteiger charge is 2.31. The van der Waals surface area contributed by atoms with Gasteiger partial charge in [0.2, 0.25) is 0 Å². The minimum atomic E-state index is -4.55. The van der Waals surface area contributed by atoms with E-state index in [0.717, 1.165) is 6.07 Å². The molecule has 1 amide bonds. The number of halogens is 4. The Labute approximate surface area is 115 Å². The minimum Gasteiger partial charge on any atom is -0.465 e. The molecule has 0 aliphatic heterocycles. The normalized spacial score (nSPS) is 11.4. The number of hydrogen-bond donors (Lipinski definition) is 2. The second kappa shape index (κ2) is 5.04. The highest BCUT2D eigenvalue weighted by molar-refractivity contribution is 6.32. The Morgan fingerprint density at radius 3 is 2.70 bits per heavy atom. The number of hydrogen-bond acceptors (Lipinski definition) is 2. The molecule has 0 spiro atoms. The number of anilines is 1. The predicted molar refractivity (Wildman–Crippen MR) is 65.2 cm³/mol. The van der Waals surface area contributed by atoms with Crippen LogP contribution in [-0.4, -0.2) is 20.8 Å². The number of rotatable bonds is 2. The van der Waals surface area contributed by atoms with E-state index in [1.807, 2.05) is 0 Å². The van der Waals surface area contributed by atoms with Gasteiger partial charge in [-0.2, -0.15) is 13.2 Å². The van der Waals surface area contributed by atoms with Gasteiger partial charge >= 0.3 is 12.3 Å². The van der Waals surface area contributed by atoms with E-state index in [-0.39, 0.29) is 16.7 Å². The molecule has 2 N–H and O–H groups in total. The molecule has 106 valence electrons. The van der Waals surface area contributed by atoms with E-state index in [1.165, 1.54) is 22.9 Å². The third-order valence-electron chi connectivity index (χ3n) is 2.36. The molecule has 0 aliphatic rings. The maximum absolute atomic E-state index is 12.5. The van der Waals surface area contributed by atoms with Gasteiger partial charge in [0.1, 0.15) is 5.82 Å². The molecule has 0 fully saturated rings. The number of nitrogens with zero attached hydrogens (tertiary/aromatic N) is 2. The quantitative estimate of drug-likeness (QED) is 0.890. The first-order valence-corrected chi connectivity index (χ1v) is 5.57. The van der Waals surface area contributed by atoms with Gasteiger partial charge in [0.25, 0.3) is 0 Å². The van der Waals surface area contributed by atoms with Gasteiger partial charge in [-0.05, 0) is 18.2 Å². The molecule has 0 saturated heterocycles. The number of nitrogens with one attached hydrogen (secondary N) is 1. The first kappa shape index (κ1) is 14.2. The van der Waals surface area contributed by atoms with Crippen molar-refractivity contribution < 1.29 is 23.1 Å². The van der Waals surface area contributed by atoms with Gasteiger partial charge < -0.3 is 5.11 Å². The van der Waals surface area contributed by atoms with Gasteiger partial charge in [0.15, 0.2) is 5.82 Å². The lowest BCUT2D eigenvalue weighted by molar-refractivity contribution is -0.137. The Hall–Kier alpha value is -2.22. The van der Waals surface area contributed by atoms with Crippen LogP contribution in [0, 0.1) is 0 Å². The molecule has 0 atom stereocenters. The van der Waals surface area contributed by atoms with Gasteiger partial charge in [-0.3, -0.25) is 9.88 Å². The van der Waals surface area contributed by atoms with Crippen molar-refractivity contribution in [1.82, 2.24) is 9.55 Å². The van der Waals surface area contributed by atoms with Crippen LogP contribution in [-0.2, 0) is 6.18 Å². The summed E-state index contributed by atoms with van der Waals surface area (Å²) in [5.74, 6) is 0.111. The van der Waals surface area contributed by atoms with E-state index in [2.05, 4.69) is 10.3 Å². The standard InChI is InChI=1S/C11H7ClF3N3O2/c12-7-4-6(11(13,14)15)5-16-9(7)18-3-1-2-8(18)17-10(19)20/h1-5,17H,(H,19,20). The average Bonchev–Trinajstić information content (AvgIpc) is 2.74. The van der Waals surface area contributed by atoms with Gasteiger partial charge in [-0.15, -0.1) is 0 Å². The summed E-state index contributed by atoms with van der Waals surface area (Å²) >= 11 is 5.78. The van der Waals surface area contributed by atoms with Crippen molar-refractivity contribution in [2.75, 3.05) is 5.32 Å². The summed E-state index contributed by atoms with van der Waals surface area (Å²) in [6.45, 7) is 0. The summed E-state index contributed by atoms with van der Waals surface area (Å²) in [5, 5.41) is 10.5. The molecule has 9 heteroatoms. The van der Waals surface area contributed by atoms with Crippen molar-refractivity contribution in [3.8, 4) is 5.82 Å². The van der Waals surface area contributed by atoms with Crippen molar-refractivity contribution in [2.24, 2.45) is 0 Å². The van der Waals surface area contributed by atoms with E-state index in [9.17, 15) is 18.0 Å². The van der Waals surface area contributed by atoms with Crippen molar-refractivity contribution >= 4 is 23.5 Å². The van der Waals surface area contributed by atoms with Gasteiger partial charge in [0.05, 0.1) is 10.6 Å². The van der Waals surface area contributed by atoms with E-state index in [1.54, 1.807) is 0 Å². The Kier molecular flexibility index (Phi) is 3.58. The molecule has 0 bridgehead atoms. The van der Waals surface area contributed by atoms with E-state index >= 15 is 0 Å². The summed E-state index contributed by atoms with van der Waals surface area (Å²) in [5.41, 5.74) is -0.980. The number of amides is 1. The summed E-state index contributed by atoms with van der Waals surface area (Å²) in [6.07, 6.45) is -3.81. The molecular formula is C11H7ClF3N3O2. The smallest absolute Gasteiger partial charge is 0.417 e. The molecule has 20 heavy (non-hydrogen) atoms. The van der Waals surface area contributed by atoms with Crippen LogP contribution in [0.3, 0.4) is 0 Å². The minimum absolute atomic E-state index is 0.00610. The number of carbonyl (C=O) groups is 1. The lowest BCUT2D eigenvalue weighted by Gasteiger charge is -2.12. The zero-order valence-electron chi connectivity index (χ0n) is 9.65. The Morgan fingerprint density at radius 1 is 1.45 bits per heavy atom. The van der Waals surface area contributed by atoms with Crippen LogP contribution in [0.5, 0.6) is 0 Å². The highest BCUT2D eigenvalue weighted by Crippen LogP contribution is 2.32. The molecular weight excluding hydrogens is 299 g/mol. The fourth-order valence-corrected chi connectivity index (χ4v) is 1.80. The third-order valence-corrected chi connectivity index (χ3v) is 2.64. The van der Waals surface area contributed by atoms with Crippen LogP contribution in [0.2, 0.25) is 5.02 Å². The molecule has 2 aromatic rings. The second-order valence-electron chi connectivity index (χ2n) is 3.72. The maximum atomic E-state index is 12.5. The molecule has 2 heterocycles. The SMILES string of the molecule is O=C(O)Nc1cccn1-c1ncc(C(F)(F)F)cc1Cl. The average molecular weight is 306 g/mol. The van der Waals surface area contributed by atoms with Gasteiger partial charge in [-0.1, -0.05) is 11.6 Å². The monoisotopic (exact) mass is 305 g/mol. The molecule has 0 aliphatic carbocycles. The number of alkyl halides is 3. The maximum Gasteiger partial charge on any atom is 0.417 e. The van der Waals surface area contributed by atoms with Gasteiger partial charge in [-0.25, -0.2) is 9.78 Å². The van der Waals surface area contributed by atoms with Crippen molar-refractivity contribution in [3.05, 3.63) is 41.2 Å². The Balaban J connectivity index is 2.44. The molecule has 2 aromatic heterocycles. The van der Waals surface area contributed by atoms with Crippen LogP contribution in [0.1, 0.15) is 5.56 Å². The molecule has 0 aromatic carbocycles. The largest absolute Gasteiger partial charge is 0.465 e. The number of aromatic nitrogens is 2. The highest BCUT2D eigenvalue weighted by atomic mass is 35.5. The van der Waals surface area contributed by atoms with Crippen LogP contribution in [0.4, 0.5) is 23.8 Å². The lowest BCUT2D eigenvalue weighted by Crippen LogP contribution is -2.12. The number of pyridine rings is 1. The summed E-state index contributed by atoms with van der Waals surface area (Å²) in [7, 11) is 0. The van der Waals surface area contributed by atoms with Crippen LogP contribution >= 0.6 is 11.6 Å². The van der Waals surface area contributed by atoms with Crippen LogP contribution < -0.4 is 5.32 Å². The zero-order chi connectivity index (χ0) is 14.9. The molecule has 0 radical (unpaired) electrons. The van der Waals surface area contributed by atoms with Crippen molar-refractivity contribution in [1.29, 1.82) is 0 Å². The topological polar surface area (TPSA) is 67.2 Å². The summed E-state index contributed by atoms with van der Waals surface area (Å²) in [4.78, 5) is 14.2. The lowest BCUT2D eigenvalue weighted by atomic mass is 10.3. The van der Waals surface area contributed by atoms with Crippen molar-refractivity contribution in [2.45, 2.75) is 6.18 Å². The zero-order valence-corrected chi connectivity index (χ0v) is 10.4. The molecule has 2 rings (SSSR count). The fourth-order valence-electron chi connectivity index (χ4n) is 1.54. The molecule has 0 saturated carbocycles. The first-order chi connectivity index (χ1) is 9.29. The fraction of sp³-hybridized carbons (Fsp3) is 0.0909. The van der Waals surface area contributed by atoms with Crippen LogP contribution in [0.25, 0.3) is 5.82 Å². The Morgan fingerprint density at radius 2 is 2.15 bits per heavy atom. The van der Waals surface area contributed by atoms with E-state index < -0.39 is 17.8 Å². The van der Waals surface area contributed by atoms with Crippen molar-refractivity contribution in [3.63, 3.8) is 0 Å². The first-order valence-electron chi connectivity index (χ1n) is 5.19. The third kappa shape index (κ3) is 2.85. The second-order valence-corrected chi connectivity index (χ2v) is 4.13. The molecule has 5 nitrogen and oxygen atoms in total. The Bertz CT molecular complexity index is 655. The van der Waals surface area contributed by atoms with E-state index in [0.29, 0.717) is 6.20 Å².